The Bertz CT molecular complexity index is 1730. The van der Waals surface area contributed by atoms with Gasteiger partial charge in [-0.2, -0.15) is 4.98 Å². The molecule has 0 saturated carbocycles. The van der Waals surface area contributed by atoms with Crippen molar-refractivity contribution in [2.45, 2.75) is 26.5 Å². The number of hydrogen-bond donors (Lipinski definition) is 2. The molecule has 1 atom stereocenters. The average molecular weight is 543 g/mol. The maximum Gasteiger partial charge on any atom is 0.439 e. The average Bonchev–Trinajstić information content (AvgIpc) is 3.55. The minimum Gasteiger partial charge on any atom is -0.465 e. The van der Waals surface area contributed by atoms with Crippen LogP contribution in [0.3, 0.4) is 0 Å². The molecule has 40 heavy (non-hydrogen) atoms. The SMILES string of the molecule is CCOc1nc2cccc(C(=O)OCC(=O)C(C)O)c2n1Cc1ccc(-c2ccccc2-c2noc(=O)[nH]2)cc1. The Morgan fingerprint density at radius 1 is 1.05 bits per heavy atom. The highest BCUT2D eigenvalue weighted by Crippen LogP contribution is 2.31. The number of rotatable bonds is 10. The van der Waals surface area contributed by atoms with Crippen molar-refractivity contribution < 1.29 is 28.7 Å². The van der Waals surface area contributed by atoms with Crippen molar-refractivity contribution in [3.63, 3.8) is 0 Å². The third kappa shape index (κ3) is 5.40. The molecule has 5 aromatic rings. The second-order valence-electron chi connectivity index (χ2n) is 8.99. The first-order valence-electron chi connectivity index (χ1n) is 12.6. The molecular weight excluding hydrogens is 516 g/mol. The number of H-pyrrole nitrogens is 1. The standard InChI is InChI=1S/C29H26N4O7/c1-3-38-28-30-23-10-6-9-22(27(36)39-16-24(35)17(2)34)25(23)33(28)15-18-11-13-19(14-12-18)20-7-4-5-8-21(20)26-31-29(37)40-32-26/h4-14,17,34H,3,15-16H2,1-2H3,(H,31,32,37). The Morgan fingerprint density at radius 3 is 2.48 bits per heavy atom. The molecule has 5 rings (SSSR count). The van der Waals surface area contributed by atoms with Crippen LogP contribution in [0.15, 0.2) is 76.0 Å². The highest BCUT2D eigenvalue weighted by atomic mass is 16.5. The van der Waals surface area contributed by atoms with Crippen LogP contribution in [0.5, 0.6) is 6.01 Å². The summed E-state index contributed by atoms with van der Waals surface area (Å²) in [5.74, 6) is -1.59. The maximum atomic E-state index is 12.9. The maximum absolute atomic E-state index is 12.9. The van der Waals surface area contributed by atoms with Gasteiger partial charge in [0.15, 0.2) is 18.2 Å². The first-order chi connectivity index (χ1) is 19.4. The van der Waals surface area contributed by atoms with Crippen LogP contribution in [0.4, 0.5) is 0 Å². The predicted molar refractivity (Wildman–Crippen MR) is 145 cm³/mol. The summed E-state index contributed by atoms with van der Waals surface area (Å²) in [6, 6.07) is 20.7. The molecule has 3 aromatic carbocycles. The molecule has 2 aromatic heterocycles. The second kappa shape index (κ2) is 11.4. The van der Waals surface area contributed by atoms with Gasteiger partial charge in [-0.05, 0) is 42.7 Å². The number of nitrogens with zero attached hydrogens (tertiary/aromatic N) is 3. The monoisotopic (exact) mass is 542 g/mol. The number of ether oxygens (including phenoxy) is 2. The number of fused-ring (bicyclic) bond motifs is 1. The van der Waals surface area contributed by atoms with Gasteiger partial charge in [0, 0.05) is 5.56 Å². The van der Waals surface area contributed by atoms with E-state index in [1.54, 1.807) is 22.8 Å². The van der Waals surface area contributed by atoms with Gasteiger partial charge >= 0.3 is 11.7 Å². The summed E-state index contributed by atoms with van der Waals surface area (Å²) in [6.45, 7) is 3.33. The Morgan fingerprint density at radius 2 is 1.80 bits per heavy atom. The molecular formula is C29H26N4O7. The number of esters is 1. The zero-order valence-corrected chi connectivity index (χ0v) is 21.8. The topological polar surface area (TPSA) is 150 Å². The number of hydrogen-bond acceptors (Lipinski definition) is 9. The molecule has 204 valence electrons. The van der Waals surface area contributed by atoms with E-state index >= 15 is 0 Å². The zero-order chi connectivity index (χ0) is 28.2. The van der Waals surface area contributed by atoms with Crippen molar-refractivity contribution >= 4 is 22.8 Å². The van der Waals surface area contributed by atoms with E-state index in [9.17, 15) is 19.5 Å². The molecule has 0 aliphatic carbocycles. The Hall–Kier alpha value is -5.03. The van der Waals surface area contributed by atoms with Crippen molar-refractivity contribution in [2.24, 2.45) is 0 Å². The minimum absolute atomic E-state index is 0.224. The highest BCUT2D eigenvalue weighted by molar-refractivity contribution is 6.03. The largest absolute Gasteiger partial charge is 0.465 e. The number of aliphatic hydroxyl groups is 1. The lowest BCUT2D eigenvalue weighted by molar-refractivity contribution is -0.129. The Labute approximate surface area is 228 Å². The lowest BCUT2D eigenvalue weighted by atomic mass is 9.98. The van der Waals surface area contributed by atoms with Gasteiger partial charge in [0.05, 0.1) is 29.7 Å². The summed E-state index contributed by atoms with van der Waals surface area (Å²) in [6.07, 6.45) is -1.23. The fraction of sp³-hybridized carbons (Fsp3) is 0.207. The Balaban J connectivity index is 1.48. The number of carbonyl (C=O) groups excluding carboxylic acids is 2. The first kappa shape index (κ1) is 26.6. The second-order valence-corrected chi connectivity index (χ2v) is 8.99. The summed E-state index contributed by atoms with van der Waals surface area (Å²) >= 11 is 0. The van der Waals surface area contributed by atoms with E-state index in [4.69, 9.17) is 9.47 Å². The predicted octanol–water partition coefficient (Wildman–Crippen LogP) is 3.60. The number of Topliss-reactive ketones (excluding diaryl/α,β-unsaturated/α-hetero) is 1. The molecule has 0 fully saturated rings. The Kier molecular flexibility index (Phi) is 7.56. The third-order valence-electron chi connectivity index (χ3n) is 6.26. The summed E-state index contributed by atoms with van der Waals surface area (Å²) in [5, 5.41) is 13.2. The van der Waals surface area contributed by atoms with Gasteiger partial charge in [0.1, 0.15) is 6.10 Å². The van der Waals surface area contributed by atoms with E-state index in [1.165, 1.54) is 6.92 Å². The number of aromatic amines is 1. The number of benzene rings is 3. The quantitative estimate of drug-likeness (QED) is 0.252. The fourth-order valence-corrected chi connectivity index (χ4v) is 4.31. The molecule has 2 N–H and O–H groups in total. The number of imidazole rings is 1. The van der Waals surface area contributed by atoms with Gasteiger partial charge < -0.3 is 14.6 Å². The number of ketones is 1. The molecule has 0 aliphatic rings. The van der Waals surface area contributed by atoms with Crippen molar-refractivity contribution in [3.05, 3.63) is 88.4 Å². The van der Waals surface area contributed by atoms with Crippen molar-refractivity contribution in [3.8, 4) is 28.5 Å². The fourth-order valence-electron chi connectivity index (χ4n) is 4.31. The normalized spacial score (nSPS) is 11.9. The van der Waals surface area contributed by atoms with Crippen LogP contribution in [0.25, 0.3) is 33.5 Å². The van der Waals surface area contributed by atoms with Crippen LogP contribution in [0.2, 0.25) is 0 Å². The molecule has 0 bridgehead atoms. The van der Waals surface area contributed by atoms with Crippen LogP contribution in [-0.2, 0) is 16.1 Å². The summed E-state index contributed by atoms with van der Waals surface area (Å²) in [5.41, 5.74) is 4.65. The van der Waals surface area contributed by atoms with E-state index in [0.717, 1.165) is 22.3 Å². The third-order valence-corrected chi connectivity index (χ3v) is 6.26. The van der Waals surface area contributed by atoms with Gasteiger partial charge in [0.25, 0.3) is 6.01 Å². The van der Waals surface area contributed by atoms with Gasteiger partial charge in [0.2, 0.25) is 0 Å². The molecule has 0 aliphatic heterocycles. The van der Waals surface area contributed by atoms with Crippen molar-refractivity contribution in [2.75, 3.05) is 13.2 Å². The number of para-hydroxylation sites is 1. The minimum atomic E-state index is -1.23. The molecule has 11 nitrogen and oxygen atoms in total. The van der Waals surface area contributed by atoms with Gasteiger partial charge in [-0.15, -0.1) is 0 Å². The van der Waals surface area contributed by atoms with Crippen LogP contribution in [0, 0.1) is 0 Å². The van der Waals surface area contributed by atoms with Gasteiger partial charge in [-0.1, -0.05) is 59.8 Å². The van der Waals surface area contributed by atoms with E-state index in [-0.39, 0.29) is 5.56 Å². The van der Waals surface area contributed by atoms with E-state index < -0.39 is 30.2 Å². The lowest BCUT2D eigenvalue weighted by Crippen LogP contribution is -2.23. The molecule has 0 amide bonds. The number of aromatic nitrogens is 4. The van der Waals surface area contributed by atoms with E-state index in [2.05, 4.69) is 19.6 Å². The smallest absolute Gasteiger partial charge is 0.439 e. The summed E-state index contributed by atoms with van der Waals surface area (Å²) in [7, 11) is 0. The number of carbonyl (C=O) groups is 2. The zero-order valence-electron chi connectivity index (χ0n) is 21.8. The molecule has 0 spiro atoms. The number of aliphatic hydroxyl groups excluding tert-OH is 1. The first-order valence-corrected chi connectivity index (χ1v) is 12.6. The highest BCUT2D eigenvalue weighted by Gasteiger charge is 2.22. The van der Waals surface area contributed by atoms with Crippen molar-refractivity contribution in [1.29, 1.82) is 0 Å². The van der Waals surface area contributed by atoms with Crippen LogP contribution >= 0.6 is 0 Å². The molecule has 0 radical (unpaired) electrons. The van der Waals surface area contributed by atoms with E-state index in [0.29, 0.717) is 36.0 Å². The molecule has 1 unspecified atom stereocenters. The van der Waals surface area contributed by atoms with E-state index in [1.807, 2.05) is 55.5 Å². The van der Waals surface area contributed by atoms with Crippen LogP contribution < -0.4 is 10.5 Å². The van der Waals surface area contributed by atoms with Gasteiger partial charge in [-0.25, -0.2) is 9.59 Å². The van der Waals surface area contributed by atoms with Gasteiger partial charge in [-0.3, -0.25) is 18.9 Å². The summed E-state index contributed by atoms with van der Waals surface area (Å²) < 4.78 is 17.4. The lowest BCUT2D eigenvalue weighted by Gasteiger charge is -2.13. The van der Waals surface area contributed by atoms with Crippen LogP contribution in [-0.4, -0.2) is 55.9 Å². The molecule has 11 heteroatoms. The molecule has 0 saturated heterocycles. The molecule has 2 heterocycles. The van der Waals surface area contributed by atoms with Crippen molar-refractivity contribution in [1.82, 2.24) is 19.7 Å². The summed E-state index contributed by atoms with van der Waals surface area (Å²) in [4.78, 5) is 43.3. The van der Waals surface area contributed by atoms with Crippen LogP contribution in [0.1, 0.15) is 29.8 Å². The number of nitrogens with one attached hydrogen (secondary N) is 1.